The quantitative estimate of drug-likeness (QED) is 0.485. The lowest BCUT2D eigenvalue weighted by molar-refractivity contribution is 0.0951. The van der Waals surface area contributed by atoms with E-state index in [0.29, 0.717) is 29.8 Å². The molecule has 32 heavy (non-hydrogen) atoms. The molecule has 0 radical (unpaired) electrons. The van der Waals surface area contributed by atoms with Crippen LogP contribution in [0.4, 0.5) is 0 Å². The Morgan fingerprint density at radius 3 is 2.38 bits per heavy atom. The molecule has 0 fully saturated rings. The predicted molar refractivity (Wildman–Crippen MR) is 126 cm³/mol. The van der Waals surface area contributed by atoms with Crippen LogP contribution in [-0.2, 0) is 13.1 Å². The third-order valence-electron chi connectivity index (χ3n) is 5.25. The molecule has 6 heteroatoms. The molecule has 3 rings (SSSR count). The van der Waals surface area contributed by atoms with Crippen molar-refractivity contribution in [2.45, 2.75) is 39.9 Å². The largest absolute Gasteiger partial charge is 0.497 e. The first-order chi connectivity index (χ1) is 15.5. The van der Waals surface area contributed by atoms with Crippen molar-refractivity contribution in [1.29, 1.82) is 0 Å². The summed E-state index contributed by atoms with van der Waals surface area (Å²) < 4.78 is 10.9. The van der Waals surface area contributed by atoms with E-state index in [1.54, 1.807) is 25.4 Å². The van der Waals surface area contributed by atoms with Crippen molar-refractivity contribution in [3.8, 4) is 17.4 Å². The molecule has 0 atom stereocenters. The van der Waals surface area contributed by atoms with E-state index in [1.807, 2.05) is 48.5 Å². The van der Waals surface area contributed by atoms with Crippen LogP contribution in [0.2, 0.25) is 0 Å². The minimum absolute atomic E-state index is 0.107. The van der Waals surface area contributed by atoms with Gasteiger partial charge in [-0.2, -0.15) is 0 Å². The standard InChI is InChI=1S/C26H31N3O3/c1-5-29(19(2)3)18-20-9-12-22(13-10-20)26(30)28-17-21-11-14-25(27-16-21)32-24-8-6-7-23(15-24)31-4/h6-16,19H,5,17-18H2,1-4H3,(H,28,30). The lowest BCUT2D eigenvalue weighted by Crippen LogP contribution is -2.30. The number of ether oxygens (including phenoxy) is 2. The molecule has 0 unspecified atom stereocenters. The molecule has 0 saturated carbocycles. The van der Waals surface area contributed by atoms with Gasteiger partial charge in [-0.15, -0.1) is 0 Å². The second-order valence-electron chi connectivity index (χ2n) is 7.82. The summed E-state index contributed by atoms with van der Waals surface area (Å²) >= 11 is 0. The van der Waals surface area contributed by atoms with Crippen molar-refractivity contribution in [1.82, 2.24) is 15.2 Å². The summed E-state index contributed by atoms with van der Waals surface area (Å²) in [6.45, 7) is 8.82. The number of carbonyl (C=O) groups is 1. The Balaban J connectivity index is 1.52. The molecular weight excluding hydrogens is 402 g/mol. The summed E-state index contributed by atoms with van der Waals surface area (Å²) in [4.78, 5) is 19.2. The topological polar surface area (TPSA) is 63.7 Å². The van der Waals surface area contributed by atoms with Gasteiger partial charge in [-0.05, 0) is 55.8 Å². The SMILES string of the molecule is CCN(Cc1ccc(C(=O)NCc2ccc(Oc3cccc(OC)c3)nc2)cc1)C(C)C. The summed E-state index contributed by atoms with van der Waals surface area (Å²) in [5.74, 6) is 1.74. The Labute approximate surface area is 190 Å². The summed E-state index contributed by atoms with van der Waals surface area (Å²) in [5.41, 5.74) is 2.74. The van der Waals surface area contributed by atoms with E-state index in [1.165, 1.54) is 5.56 Å². The van der Waals surface area contributed by atoms with Crippen LogP contribution in [0.3, 0.4) is 0 Å². The molecule has 1 aromatic heterocycles. The number of nitrogens with one attached hydrogen (secondary N) is 1. The summed E-state index contributed by atoms with van der Waals surface area (Å²) in [7, 11) is 1.61. The van der Waals surface area contributed by atoms with Crippen molar-refractivity contribution in [3.63, 3.8) is 0 Å². The minimum Gasteiger partial charge on any atom is -0.497 e. The fraction of sp³-hybridized carbons (Fsp3) is 0.308. The van der Waals surface area contributed by atoms with Crippen LogP contribution in [0.5, 0.6) is 17.4 Å². The molecule has 1 amide bonds. The van der Waals surface area contributed by atoms with Crippen LogP contribution in [0.15, 0.2) is 66.9 Å². The predicted octanol–water partition coefficient (Wildman–Crippen LogP) is 5.04. The second kappa shape index (κ2) is 11.3. The van der Waals surface area contributed by atoms with E-state index in [2.05, 4.69) is 36.0 Å². The van der Waals surface area contributed by atoms with E-state index in [0.717, 1.165) is 24.4 Å². The molecule has 0 aliphatic rings. The fourth-order valence-electron chi connectivity index (χ4n) is 3.30. The highest BCUT2D eigenvalue weighted by Crippen LogP contribution is 2.23. The number of hydrogen-bond acceptors (Lipinski definition) is 5. The molecule has 0 bridgehead atoms. The molecule has 168 valence electrons. The average molecular weight is 434 g/mol. The molecule has 1 heterocycles. The van der Waals surface area contributed by atoms with Gasteiger partial charge in [-0.1, -0.05) is 31.2 Å². The van der Waals surface area contributed by atoms with E-state index >= 15 is 0 Å². The summed E-state index contributed by atoms with van der Waals surface area (Å²) in [6.07, 6.45) is 1.70. The molecule has 0 spiro atoms. The Morgan fingerprint density at radius 1 is 1.03 bits per heavy atom. The van der Waals surface area contributed by atoms with Gasteiger partial charge in [0.2, 0.25) is 5.88 Å². The number of carbonyl (C=O) groups excluding carboxylic acids is 1. The molecular formula is C26H31N3O3. The van der Waals surface area contributed by atoms with E-state index in [9.17, 15) is 4.79 Å². The zero-order chi connectivity index (χ0) is 22.9. The smallest absolute Gasteiger partial charge is 0.251 e. The third-order valence-corrected chi connectivity index (χ3v) is 5.25. The minimum atomic E-state index is -0.107. The Morgan fingerprint density at radius 2 is 1.75 bits per heavy atom. The molecule has 1 N–H and O–H groups in total. The van der Waals surface area contributed by atoms with Crippen LogP contribution in [0.1, 0.15) is 42.3 Å². The van der Waals surface area contributed by atoms with Crippen LogP contribution < -0.4 is 14.8 Å². The molecule has 3 aromatic rings. The van der Waals surface area contributed by atoms with E-state index < -0.39 is 0 Å². The number of benzene rings is 2. The normalized spacial score (nSPS) is 10.9. The number of hydrogen-bond donors (Lipinski definition) is 1. The number of aromatic nitrogens is 1. The maximum atomic E-state index is 12.5. The number of amides is 1. The lowest BCUT2D eigenvalue weighted by atomic mass is 10.1. The lowest BCUT2D eigenvalue weighted by Gasteiger charge is -2.24. The molecule has 0 aliphatic carbocycles. The van der Waals surface area contributed by atoms with Crippen molar-refractivity contribution >= 4 is 5.91 Å². The average Bonchev–Trinajstić information content (AvgIpc) is 2.82. The van der Waals surface area contributed by atoms with Gasteiger partial charge >= 0.3 is 0 Å². The zero-order valence-electron chi connectivity index (χ0n) is 19.2. The van der Waals surface area contributed by atoms with Gasteiger partial charge in [0.25, 0.3) is 5.91 Å². The van der Waals surface area contributed by atoms with Gasteiger partial charge in [-0.25, -0.2) is 4.98 Å². The van der Waals surface area contributed by atoms with Crippen LogP contribution in [0.25, 0.3) is 0 Å². The van der Waals surface area contributed by atoms with Crippen molar-refractivity contribution < 1.29 is 14.3 Å². The first-order valence-electron chi connectivity index (χ1n) is 10.9. The van der Waals surface area contributed by atoms with Gasteiger partial charge in [0.1, 0.15) is 11.5 Å². The molecule has 0 saturated heterocycles. The van der Waals surface area contributed by atoms with Crippen molar-refractivity contribution in [2.75, 3.05) is 13.7 Å². The zero-order valence-corrected chi connectivity index (χ0v) is 19.2. The Kier molecular flexibility index (Phi) is 8.22. The van der Waals surface area contributed by atoms with Crippen LogP contribution in [-0.4, -0.2) is 35.5 Å². The third kappa shape index (κ3) is 6.56. The van der Waals surface area contributed by atoms with Gasteiger partial charge < -0.3 is 14.8 Å². The highest BCUT2D eigenvalue weighted by atomic mass is 16.5. The molecule has 2 aromatic carbocycles. The highest BCUT2D eigenvalue weighted by Gasteiger charge is 2.10. The highest BCUT2D eigenvalue weighted by molar-refractivity contribution is 5.94. The van der Waals surface area contributed by atoms with Crippen molar-refractivity contribution in [2.24, 2.45) is 0 Å². The molecule has 6 nitrogen and oxygen atoms in total. The van der Waals surface area contributed by atoms with Crippen molar-refractivity contribution in [3.05, 3.63) is 83.6 Å². The molecule has 0 aliphatic heterocycles. The first kappa shape index (κ1) is 23.3. The summed E-state index contributed by atoms with van der Waals surface area (Å²) in [6, 6.07) is 19.3. The summed E-state index contributed by atoms with van der Waals surface area (Å²) in [5, 5.41) is 2.94. The van der Waals surface area contributed by atoms with Crippen LogP contribution in [0, 0.1) is 0 Å². The Bertz CT molecular complexity index is 1000. The fourth-order valence-corrected chi connectivity index (χ4v) is 3.30. The van der Waals surface area contributed by atoms with Gasteiger partial charge in [0.05, 0.1) is 7.11 Å². The first-order valence-corrected chi connectivity index (χ1v) is 10.9. The number of nitrogens with zero attached hydrogens (tertiary/aromatic N) is 2. The van der Waals surface area contributed by atoms with Crippen LogP contribution >= 0.6 is 0 Å². The second-order valence-corrected chi connectivity index (χ2v) is 7.82. The maximum Gasteiger partial charge on any atom is 0.251 e. The monoisotopic (exact) mass is 433 g/mol. The number of rotatable bonds is 10. The van der Waals surface area contributed by atoms with E-state index in [-0.39, 0.29) is 5.91 Å². The number of pyridine rings is 1. The van der Waals surface area contributed by atoms with Gasteiger partial charge in [0, 0.05) is 43.0 Å². The van der Waals surface area contributed by atoms with Gasteiger partial charge in [0.15, 0.2) is 0 Å². The Hall–Kier alpha value is -3.38. The van der Waals surface area contributed by atoms with E-state index in [4.69, 9.17) is 9.47 Å². The number of methoxy groups -OCH3 is 1. The maximum absolute atomic E-state index is 12.5. The van der Waals surface area contributed by atoms with Gasteiger partial charge in [-0.3, -0.25) is 9.69 Å².